The van der Waals surface area contributed by atoms with Crippen molar-refractivity contribution in [3.05, 3.63) is 47.1 Å². The lowest BCUT2D eigenvalue weighted by molar-refractivity contribution is 0.587. The van der Waals surface area contributed by atoms with E-state index in [-0.39, 0.29) is 0 Å². The number of allylic oxidation sites excluding steroid dienone is 3. The summed E-state index contributed by atoms with van der Waals surface area (Å²) in [6, 6.07) is 0.472. The summed E-state index contributed by atoms with van der Waals surface area (Å²) >= 11 is 0. The van der Waals surface area contributed by atoms with Crippen molar-refractivity contribution in [3.8, 4) is 0 Å². The monoisotopic (exact) mass is 229 g/mol. The predicted molar refractivity (Wildman–Crippen MR) is 77.4 cm³/mol. The Labute approximate surface area is 104 Å². The summed E-state index contributed by atoms with van der Waals surface area (Å²) in [5.74, 6) is 0. The van der Waals surface area contributed by atoms with Crippen molar-refractivity contribution in [1.82, 2.24) is 4.57 Å². The van der Waals surface area contributed by atoms with Crippen molar-refractivity contribution in [1.29, 1.82) is 0 Å². The number of aryl methyl sites for hydroxylation is 1. The highest BCUT2D eigenvalue weighted by Gasteiger charge is 2.04. The predicted octanol–water partition coefficient (Wildman–Crippen LogP) is 2.95. The Hall–Kier alpha value is -1.50. The van der Waals surface area contributed by atoms with Crippen LogP contribution in [0.4, 0.5) is 0 Å². The molecule has 0 saturated heterocycles. The van der Waals surface area contributed by atoms with Crippen LogP contribution in [-0.4, -0.2) is 4.57 Å². The van der Waals surface area contributed by atoms with E-state index in [1.165, 1.54) is 16.1 Å². The van der Waals surface area contributed by atoms with Crippen LogP contribution in [0.3, 0.4) is 0 Å². The van der Waals surface area contributed by atoms with Crippen LogP contribution in [0.1, 0.15) is 39.3 Å². The lowest BCUT2D eigenvalue weighted by atomic mass is 10.2. The second-order valence-electron chi connectivity index (χ2n) is 4.40. The van der Waals surface area contributed by atoms with E-state index >= 15 is 0 Å². The second-order valence-corrected chi connectivity index (χ2v) is 4.40. The maximum atomic E-state index is 3.81. The van der Waals surface area contributed by atoms with Crippen LogP contribution in [0.15, 0.2) is 31.0 Å². The first-order valence-electron chi connectivity index (χ1n) is 6.31. The highest BCUT2D eigenvalue weighted by molar-refractivity contribution is 5.44. The summed E-state index contributed by atoms with van der Waals surface area (Å²) in [6.07, 6.45) is 13.6. The van der Waals surface area contributed by atoms with Gasteiger partial charge in [0.2, 0.25) is 0 Å². The van der Waals surface area contributed by atoms with Gasteiger partial charge in [-0.2, -0.15) is 0 Å². The first-order chi connectivity index (χ1) is 8.15. The smallest absolute Gasteiger partial charge is 0.0485 e. The molecule has 1 aromatic rings. The zero-order valence-electron chi connectivity index (χ0n) is 11.4. The van der Waals surface area contributed by atoms with Crippen LogP contribution in [0.5, 0.6) is 0 Å². The minimum Gasteiger partial charge on any atom is -0.345 e. The van der Waals surface area contributed by atoms with Gasteiger partial charge in [-0.15, -0.1) is 0 Å². The molecule has 17 heavy (non-hydrogen) atoms. The summed E-state index contributed by atoms with van der Waals surface area (Å²) in [5, 5.41) is 2.57. The van der Waals surface area contributed by atoms with Gasteiger partial charge in [-0.1, -0.05) is 37.8 Å². The highest BCUT2D eigenvalue weighted by Crippen LogP contribution is 2.01. The minimum absolute atomic E-state index is 0.472. The molecule has 0 N–H and O–H groups in total. The van der Waals surface area contributed by atoms with Crippen LogP contribution in [0, 0.1) is 0 Å². The molecule has 1 nitrogen and oxygen atoms in total. The van der Waals surface area contributed by atoms with Gasteiger partial charge in [0.15, 0.2) is 0 Å². The van der Waals surface area contributed by atoms with Crippen LogP contribution in [-0.2, 0) is 6.42 Å². The number of hydrogen-bond acceptors (Lipinski definition) is 0. The Bertz CT molecular complexity index is 512. The van der Waals surface area contributed by atoms with Crippen molar-refractivity contribution in [2.24, 2.45) is 0 Å². The molecule has 0 fully saturated rings. The Morgan fingerprint density at radius 1 is 1.35 bits per heavy atom. The number of hydrogen-bond donors (Lipinski definition) is 0. The molecule has 0 atom stereocenters. The lowest BCUT2D eigenvalue weighted by Gasteiger charge is -2.07. The molecule has 1 aromatic heterocycles. The number of aromatic nitrogens is 1. The topological polar surface area (TPSA) is 4.93 Å². The van der Waals surface area contributed by atoms with Gasteiger partial charge in [-0.3, -0.25) is 0 Å². The van der Waals surface area contributed by atoms with Crippen LogP contribution < -0.4 is 10.6 Å². The van der Waals surface area contributed by atoms with Crippen molar-refractivity contribution in [2.75, 3.05) is 0 Å². The van der Waals surface area contributed by atoms with Gasteiger partial charge in [-0.05, 0) is 38.8 Å². The van der Waals surface area contributed by atoms with Gasteiger partial charge >= 0.3 is 0 Å². The van der Waals surface area contributed by atoms with Gasteiger partial charge < -0.3 is 4.57 Å². The fraction of sp³-hybridized carbons (Fsp3) is 0.375. The molecule has 1 heteroatoms. The van der Waals surface area contributed by atoms with Gasteiger partial charge in [0, 0.05) is 22.8 Å². The summed E-state index contributed by atoms with van der Waals surface area (Å²) in [6.45, 7) is 12.5. The Kier molecular flexibility index (Phi) is 5.02. The molecule has 0 unspecified atom stereocenters. The summed E-state index contributed by atoms with van der Waals surface area (Å²) in [7, 11) is 0. The van der Waals surface area contributed by atoms with Crippen molar-refractivity contribution in [2.45, 2.75) is 40.2 Å². The SMILES string of the molecule is C=C\C=c1/c(=C\C=C/C)c(CC)cn1C(C)C. The average Bonchev–Trinajstić information content (AvgIpc) is 2.65. The molecule has 92 valence electrons. The van der Waals surface area contributed by atoms with Crippen LogP contribution in [0.2, 0.25) is 0 Å². The van der Waals surface area contributed by atoms with Crippen molar-refractivity contribution < 1.29 is 0 Å². The molecule has 1 rings (SSSR count). The molecular formula is C16H23N. The Morgan fingerprint density at radius 2 is 2.06 bits per heavy atom. The largest absolute Gasteiger partial charge is 0.345 e. The van der Waals surface area contributed by atoms with Crippen molar-refractivity contribution >= 4 is 12.2 Å². The fourth-order valence-corrected chi connectivity index (χ4v) is 1.99. The van der Waals surface area contributed by atoms with E-state index in [4.69, 9.17) is 0 Å². The summed E-state index contributed by atoms with van der Waals surface area (Å²) in [4.78, 5) is 0. The molecule has 1 heterocycles. The van der Waals surface area contributed by atoms with E-state index in [9.17, 15) is 0 Å². The zero-order chi connectivity index (χ0) is 12.8. The van der Waals surface area contributed by atoms with E-state index in [1.54, 1.807) is 0 Å². The first-order valence-corrected chi connectivity index (χ1v) is 6.31. The molecule has 0 aliphatic heterocycles. The van der Waals surface area contributed by atoms with E-state index in [2.05, 4.69) is 62.4 Å². The lowest BCUT2D eigenvalue weighted by Crippen LogP contribution is -2.30. The third kappa shape index (κ3) is 3.00. The van der Waals surface area contributed by atoms with Crippen molar-refractivity contribution in [3.63, 3.8) is 0 Å². The minimum atomic E-state index is 0.472. The fourth-order valence-electron chi connectivity index (χ4n) is 1.99. The molecule has 0 bridgehead atoms. The van der Waals surface area contributed by atoms with Gasteiger partial charge in [-0.25, -0.2) is 0 Å². The summed E-state index contributed by atoms with van der Waals surface area (Å²) in [5.41, 5.74) is 1.39. The maximum absolute atomic E-state index is 3.81. The zero-order valence-corrected chi connectivity index (χ0v) is 11.4. The van der Waals surface area contributed by atoms with Crippen LogP contribution in [0.25, 0.3) is 12.2 Å². The van der Waals surface area contributed by atoms with E-state index in [0.717, 1.165) is 6.42 Å². The number of nitrogens with zero attached hydrogens (tertiary/aromatic N) is 1. The average molecular weight is 229 g/mol. The Balaban J connectivity index is 3.65. The van der Waals surface area contributed by atoms with E-state index in [0.29, 0.717) is 6.04 Å². The quantitative estimate of drug-likeness (QED) is 0.748. The highest BCUT2D eigenvalue weighted by atomic mass is 15.0. The maximum Gasteiger partial charge on any atom is 0.0485 e. The van der Waals surface area contributed by atoms with Gasteiger partial charge in [0.25, 0.3) is 0 Å². The van der Waals surface area contributed by atoms with Crippen LogP contribution >= 0.6 is 0 Å². The number of rotatable bonds is 4. The first kappa shape index (κ1) is 13.6. The molecule has 0 spiro atoms. The molecule has 0 aliphatic rings. The summed E-state index contributed by atoms with van der Waals surface area (Å²) < 4.78 is 2.32. The molecule has 0 radical (unpaired) electrons. The Morgan fingerprint density at radius 3 is 2.53 bits per heavy atom. The normalized spacial score (nSPS) is 14.2. The van der Waals surface area contributed by atoms with Gasteiger partial charge in [0.05, 0.1) is 0 Å². The van der Waals surface area contributed by atoms with E-state index < -0.39 is 0 Å². The van der Waals surface area contributed by atoms with E-state index in [1.807, 2.05) is 13.0 Å². The molecule has 0 aliphatic carbocycles. The molecule has 0 saturated carbocycles. The molecular weight excluding hydrogens is 206 g/mol. The molecule has 0 aromatic carbocycles. The third-order valence-electron chi connectivity index (χ3n) is 2.86. The van der Waals surface area contributed by atoms with Gasteiger partial charge in [0.1, 0.15) is 0 Å². The second kappa shape index (κ2) is 6.29. The standard InChI is InChI=1S/C16H23N/c1-6-9-11-15-14(8-3)12-17(13(4)5)16(15)10-7-2/h6-7,9-13H,2,8H2,1,3-5H3/b9-6-,15-11-,16-10+. The third-order valence-corrected chi connectivity index (χ3v) is 2.86. The molecule has 0 amide bonds.